The molecule has 1 aromatic heterocycles. The van der Waals surface area contributed by atoms with Gasteiger partial charge in [0, 0.05) is 11.1 Å². The van der Waals surface area contributed by atoms with Crippen molar-refractivity contribution >= 4 is 11.3 Å². The van der Waals surface area contributed by atoms with Crippen molar-refractivity contribution in [2.24, 2.45) is 0 Å². The first-order valence-corrected chi connectivity index (χ1v) is 7.81. The molecule has 0 amide bonds. The normalized spacial score (nSPS) is 12.9. The lowest BCUT2D eigenvalue weighted by molar-refractivity contribution is 0.468. The minimum atomic E-state index is 0.477. The Bertz CT molecular complexity index is 296. The summed E-state index contributed by atoms with van der Waals surface area (Å²) in [5.74, 6) is 0. The van der Waals surface area contributed by atoms with Crippen LogP contribution >= 0.6 is 11.3 Å². The molecule has 0 bridgehead atoms. The number of thiazole rings is 1. The van der Waals surface area contributed by atoms with Crippen LogP contribution in [-0.4, -0.2) is 11.5 Å². The van der Waals surface area contributed by atoms with Crippen LogP contribution in [0.25, 0.3) is 0 Å². The number of aromatic nitrogens is 1. The highest BCUT2D eigenvalue weighted by atomic mass is 32.1. The van der Waals surface area contributed by atoms with Crippen LogP contribution in [0.5, 0.6) is 0 Å². The monoisotopic (exact) mass is 254 g/mol. The van der Waals surface area contributed by atoms with Crippen molar-refractivity contribution in [2.75, 3.05) is 6.54 Å². The van der Waals surface area contributed by atoms with Crippen molar-refractivity contribution in [3.05, 3.63) is 16.1 Å². The molecule has 1 unspecified atom stereocenters. The lowest BCUT2D eigenvalue weighted by atomic mass is 10.1. The zero-order valence-electron chi connectivity index (χ0n) is 11.5. The average Bonchev–Trinajstić information content (AvgIpc) is 2.75. The molecule has 0 saturated heterocycles. The van der Waals surface area contributed by atoms with E-state index in [1.54, 1.807) is 11.3 Å². The molecule has 0 aliphatic heterocycles. The van der Waals surface area contributed by atoms with Crippen molar-refractivity contribution in [1.29, 1.82) is 0 Å². The maximum atomic E-state index is 4.62. The Hall–Kier alpha value is -0.410. The molecule has 0 saturated carbocycles. The zero-order chi connectivity index (χ0) is 12.5. The van der Waals surface area contributed by atoms with Crippen LogP contribution in [-0.2, 0) is 0 Å². The fourth-order valence-electron chi connectivity index (χ4n) is 1.94. The Balaban J connectivity index is 2.42. The Labute approximate surface area is 110 Å². The SMILES string of the molecule is CCCCCCC(NCCC)c1nc(C)cs1. The van der Waals surface area contributed by atoms with E-state index in [0.717, 1.165) is 12.2 Å². The first-order valence-electron chi connectivity index (χ1n) is 6.93. The summed E-state index contributed by atoms with van der Waals surface area (Å²) < 4.78 is 0. The molecule has 1 aromatic rings. The molecule has 3 heteroatoms. The summed E-state index contributed by atoms with van der Waals surface area (Å²) in [4.78, 5) is 4.62. The van der Waals surface area contributed by atoms with Crippen molar-refractivity contribution in [2.45, 2.75) is 65.3 Å². The maximum absolute atomic E-state index is 4.62. The van der Waals surface area contributed by atoms with Gasteiger partial charge in [-0.05, 0) is 26.3 Å². The molecule has 1 atom stereocenters. The maximum Gasteiger partial charge on any atom is 0.110 e. The van der Waals surface area contributed by atoms with E-state index in [9.17, 15) is 0 Å². The summed E-state index contributed by atoms with van der Waals surface area (Å²) in [6, 6.07) is 0.477. The largest absolute Gasteiger partial charge is 0.308 e. The smallest absolute Gasteiger partial charge is 0.110 e. The van der Waals surface area contributed by atoms with Gasteiger partial charge in [0.2, 0.25) is 0 Å². The van der Waals surface area contributed by atoms with Crippen LogP contribution in [0.15, 0.2) is 5.38 Å². The predicted molar refractivity (Wildman–Crippen MR) is 76.6 cm³/mol. The highest BCUT2D eigenvalue weighted by molar-refractivity contribution is 7.09. The highest BCUT2D eigenvalue weighted by Gasteiger charge is 2.13. The number of unbranched alkanes of at least 4 members (excludes halogenated alkanes) is 3. The summed E-state index contributed by atoms with van der Waals surface area (Å²) in [7, 11) is 0. The molecule has 0 aliphatic carbocycles. The van der Waals surface area contributed by atoms with Crippen LogP contribution in [0, 0.1) is 6.92 Å². The molecule has 98 valence electrons. The number of hydrogen-bond donors (Lipinski definition) is 1. The first kappa shape index (κ1) is 14.7. The molecule has 17 heavy (non-hydrogen) atoms. The fourth-order valence-corrected chi connectivity index (χ4v) is 2.85. The van der Waals surface area contributed by atoms with Crippen molar-refractivity contribution in [1.82, 2.24) is 10.3 Å². The van der Waals surface area contributed by atoms with Gasteiger partial charge >= 0.3 is 0 Å². The minimum absolute atomic E-state index is 0.477. The van der Waals surface area contributed by atoms with Crippen LogP contribution in [0.1, 0.15) is 69.1 Å². The van der Waals surface area contributed by atoms with Crippen molar-refractivity contribution in [3.8, 4) is 0 Å². The Morgan fingerprint density at radius 3 is 2.65 bits per heavy atom. The lowest BCUT2D eigenvalue weighted by Crippen LogP contribution is -2.22. The molecule has 0 fully saturated rings. The summed E-state index contributed by atoms with van der Waals surface area (Å²) in [5, 5.41) is 7.05. The van der Waals surface area contributed by atoms with Gasteiger partial charge < -0.3 is 5.32 Å². The van der Waals surface area contributed by atoms with Crippen LogP contribution in [0.4, 0.5) is 0 Å². The molecule has 0 spiro atoms. The third-order valence-electron chi connectivity index (χ3n) is 2.92. The van der Waals surface area contributed by atoms with Crippen molar-refractivity contribution in [3.63, 3.8) is 0 Å². The highest BCUT2D eigenvalue weighted by Crippen LogP contribution is 2.23. The van der Waals surface area contributed by atoms with Gasteiger partial charge in [0.15, 0.2) is 0 Å². The third kappa shape index (κ3) is 5.64. The van der Waals surface area contributed by atoms with Gasteiger partial charge in [0.05, 0.1) is 6.04 Å². The van der Waals surface area contributed by atoms with Gasteiger partial charge in [-0.15, -0.1) is 11.3 Å². The van der Waals surface area contributed by atoms with Crippen LogP contribution < -0.4 is 5.32 Å². The standard InChI is InChI=1S/C14H26N2S/c1-4-6-7-8-9-13(15-10-5-2)14-16-12(3)11-17-14/h11,13,15H,4-10H2,1-3H3. The summed E-state index contributed by atoms with van der Waals surface area (Å²) in [6.45, 7) is 7.65. The first-order chi connectivity index (χ1) is 8.27. The van der Waals surface area contributed by atoms with E-state index in [2.05, 4.69) is 36.5 Å². The van der Waals surface area contributed by atoms with E-state index in [1.807, 2.05) is 0 Å². The second kappa shape index (κ2) is 8.65. The number of nitrogens with one attached hydrogen (secondary N) is 1. The second-order valence-electron chi connectivity index (χ2n) is 4.68. The second-order valence-corrected chi connectivity index (χ2v) is 5.57. The molecular formula is C14H26N2S. The quantitative estimate of drug-likeness (QED) is 0.658. The molecular weight excluding hydrogens is 228 g/mol. The lowest BCUT2D eigenvalue weighted by Gasteiger charge is -2.15. The van der Waals surface area contributed by atoms with E-state index in [4.69, 9.17) is 0 Å². The van der Waals surface area contributed by atoms with E-state index in [0.29, 0.717) is 6.04 Å². The third-order valence-corrected chi connectivity index (χ3v) is 4.00. The van der Waals surface area contributed by atoms with Crippen molar-refractivity contribution < 1.29 is 0 Å². The number of nitrogens with zero attached hydrogens (tertiary/aromatic N) is 1. The van der Waals surface area contributed by atoms with Gasteiger partial charge in [-0.25, -0.2) is 4.98 Å². The van der Waals surface area contributed by atoms with Gasteiger partial charge in [0.1, 0.15) is 5.01 Å². The van der Waals surface area contributed by atoms with E-state index >= 15 is 0 Å². The van der Waals surface area contributed by atoms with Gasteiger partial charge in [0.25, 0.3) is 0 Å². The van der Waals surface area contributed by atoms with E-state index in [1.165, 1.54) is 43.5 Å². The molecule has 0 aliphatic rings. The Kier molecular flexibility index (Phi) is 7.45. The van der Waals surface area contributed by atoms with E-state index in [-0.39, 0.29) is 0 Å². The molecule has 0 aromatic carbocycles. The summed E-state index contributed by atoms with van der Waals surface area (Å²) >= 11 is 1.80. The molecule has 1 rings (SSSR count). The summed E-state index contributed by atoms with van der Waals surface area (Å²) in [5.41, 5.74) is 1.15. The fraction of sp³-hybridized carbons (Fsp3) is 0.786. The number of rotatable bonds is 9. The minimum Gasteiger partial charge on any atom is -0.308 e. The predicted octanol–water partition coefficient (Wildman–Crippen LogP) is 4.46. The van der Waals surface area contributed by atoms with Crippen LogP contribution in [0.2, 0.25) is 0 Å². The molecule has 1 N–H and O–H groups in total. The van der Waals surface area contributed by atoms with Gasteiger partial charge in [-0.1, -0.05) is 39.5 Å². The molecule has 2 nitrogen and oxygen atoms in total. The number of aryl methyl sites for hydroxylation is 1. The van der Waals surface area contributed by atoms with Gasteiger partial charge in [-0.2, -0.15) is 0 Å². The topological polar surface area (TPSA) is 24.9 Å². The zero-order valence-corrected chi connectivity index (χ0v) is 12.3. The number of hydrogen-bond acceptors (Lipinski definition) is 3. The molecule has 0 radical (unpaired) electrons. The molecule has 1 heterocycles. The van der Waals surface area contributed by atoms with Crippen LogP contribution in [0.3, 0.4) is 0 Å². The van der Waals surface area contributed by atoms with E-state index < -0.39 is 0 Å². The van der Waals surface area contributed by atoms with Gasteiger partial charge in [-0.3, -0.25) is 0 Å². The Morgan fingerprint density at radius 2 is 2.06 bits per heavy atom. The summed E-state index contributed by atoms with van der Waals surface area (Å²) in [6.07, 6.45) is 7.75. The Morgan fingerprint density at radius 1 is 1.24 bits per heavy atom. The average molecular weight is 254 g/mol.